The number of ether oxygens (including phenoxy) is 3. The van der Waals surface area contributed by atoms with E-state index in [0.717, 1.165) is 16.8 Å². The van der Waals surface area contributed by atoms with Crippen molar-refractivity contribution < 1.29 is 28.9 Å². The van der Waals surface area contributed by atoms with Crippen molar-refractivity contribution in [1.82, 2.24) is 0 Å². The molecule has 6 nitrogen and oxygen atoms in total. The minimum Gasteiger partial charge on any atom is -0.508 e. The van der Waals surface area contributed by atoms with Crippen molar-refractivity contribution in [3.05, 3.63) is 49.1 Å². The summed E-state index contributed by atoms with van der Waals surface area (Å²) in [5.74, 6) is 0.0624. The van der Waals surface area contributed by atoms with E-state index in [-0.39, 0.29) is 19.0 Å². The van der Waals surface area contributed by atoms with Gasteiger partial charge in [0.05, 0.1) is 13.2 Å². The van der Waals surface area contributed by atoms with Crippen LogP contribution in [0.4, 0.5) is 4.79 Å². The highest BCUT2D eigenvalue weighted by Crippen LogP contribution is 2.24. The Morgan fingerprint density at radius 3 is 2.42 bits per heavy atom. The predicted molar refractivity (Wildman–Crippen MR) is 88.0 cm³/mol. The maximum atomic E-state index is 11.6. The van der Waals surface area contributed by atoms with Gasteiger partial charge in [0, 0.05) is 6.08 Å². The summed E-state index contributed by atoms with van der Waals surface area (Å²) < 4.78 is 14.8. The van der Waals surface area contributed by atoms with Gasteiger partial charge < -0.3 is 19.3 Å². The minimum atomic E-state index is -0.795. The summed E-state index contributed by atoms with van der Waals surface area (Å²) in [5.41, 5.74) is 0. The van der Waals surface area contributed by atoms with Gasteiger partial charge in [-0.1, -0.05) is 18.7 Å². The van der Waals surface area contributed by atoms with E-state index in [0.29, 0.717) is 18.6 Å². The summed E-state index contributed by atoms with van der Waals surface area (Å²) in [6.45, 7) is 3.71. The van der Waals surface area contributed by atoms with Crippen molar-refractivity contribution in [2.75, 3.05) is 13.2 Å². The lowest BCUT2D eigenvalue weighted by Gasteiger charge is -2.07. The van der Waals surface area contributed by atoms with E-state index in [1.807, 2.05) is 0 Å². The zero-order chi connectivity index (χ0) is 17.4. The van der Waals surface area contributed by atoms with E-state index in [2.05, 4.69) is 6.58 Å². The molecule has 0 fully saturated rings. The van der Waals surface area contributed by atoms with Crippen molar-refractivity contribution in [3.8, 4) is 11.5 Å². The van der Waals surface area contributed by atoms with Crippen LogP contribution < -0.4 is 4.74 Å². The van der Waals surface area contributed by atoms with Gasteiger partial charge in [0.15, 0.2) is 0 Å². The molecule has 0 unspecified atom stereocenters. The highest BCUT2D eigenvalue weighted by atomic mass is 16.7. The van der Waals surface area contributed by atoms with E-state index < -0.39 is 12.1 Å². The van der Waals surface area contributed by atoms with Gasteiger partial charge in [-0.25, -0.2) is 9.59 Å². The number of hydrogen-bond acceptors (Lipinski definition) is 6. The first-order valence-corrected chi connectivity index (χ1v) is 7.45. The molecule has 0 atom stereocenters. The van der Waals surface area contributed by atoms with E-state index in [9.17, 15) is 14.7 Å². The fourth-order valence-corrected chi connectivity index (χ4v) is 1.99. The molecule has 0 amide bonds. The molecule has 0 aliphatic heterocycles. The van der Waals surface area contributed by atoms with Gasteiger partial charge in [-0.05, 0) is 47.9 Å². The van der Waals surface area contributed by atoms with Crippen LogP contribution in [0.3, 0.4) is 0 Å². The standard InChI is InChI=1S/C18H18O6/c1-2-17(20)22-9-3-4-10-23-18(21)24-16-8-6-13-11-15(19)7-5-14(13)12-16/h2,5-8,11-12,19H,1,3-4,9-10H2. The van der Waals surface area contributed by atoms with Crippen molar-refractivity contribution in [2.24, 2.45) is 0 Å². The van der Waals surface area contributed by atoms with Crippen LogP contribution in [0.15, 0.2) is 49.1 Å². The molecule has 6 heteroatoms. The molecule has 24 heavy (non-hydrogen) atoms. The monoisotopic (exact) mass is 330 g/mol. The minimum absolute atomic E-state index is 0.173. The van der Waals surface area contributed by atoms with Gasteiger partial charge in [0.2, 0.25) is 0 Å². The van der Waals surface area contributed by atoms with Crippen LogP contribution in [0.2, 0.25) is 0 Å². The van der Waals surface area contributed by atoms with Crippen molar-refractivity contribution in [1.29, 1.82) is 0 Å². The van der Waals surface area contributed by atoms with Gasteiger partial charge in [-0.2, -0.15) is 0 Å². The lowest BCUT2D eigenvalue weighted by atomic mass is 10.1. The van der Waals surface area contributed by atoms with Crippen LogP contribution >= 0.6 is 0 Å². The van der Waals surface area contributed by atoms with Gasteiger partial charge in [0.1, 0.15) is 11.5 Å². The second-order valence-electron chi connectivity index (χ2n) is 4.97. The van der Waals surface area contributed by atoms with Gasteiger partial charge in [0.25, 0.3) is 0 Å². The van der Waals surface area contributed by atoms with E-state index in [4.69, 9.17) is 14.2 Å². The molecular weight excluding hydrogens is 312 g/mol. The molecule has 0 bridgehead atoms. The highest BCUT2D eigenvalue weighted by molar-refractivity contribution is 5.85. The van der Waals surface area contributed by atoms with Crippen molar-refractivity contribution >= 4 is 22.9 Å². The lowest BCUT2D eigenvalue weighted by Crippen LogP contribution is -2.12. The Kier molecular flexibility index (Phi) is 6.19. The van der Waals surface area contributed by atoms with Crippen LogP contribution in [-0.4, -0.2) is 30.4 Å². The molecule has 0 aliphatic carbocycles. The molecule has 0 heterocycles. The molecule has 1 N–H and O–H groups in total. The molecule has 2 rings (SSSR count). The molecule has 0 saturated heterocycles. The first kappa shape index (κ1) is 17.3. The fourth-order valence-electron chi connectivity index (χ4n) is 1.99. The maximum absolute atomic E-state index is 11.6. The van der Waals surface area contributed by atoms with E-state index in [1.54, 1.807) is 36.4 Å². The smallest absolute Gasteiger partial charge is 0.508 e. The van der Waals surface area contributed by atoms with Crippen molar-refractivity contribution in [3.63, 3.8) is 0 Å². The van der Waals surface area contributed by atoms with Crippen LogP contribution in [0.25, 0.3) is 10.8 Å². The predicted octanol–water partition coefficient (Wildman–Crippen LogP) is 3.57. The SMILES string of the molecule is C=CC(=O)OCCCCOC(=O)Oc1ccc2cc(O)ccc2c1. The second kappa shape index (κ2) is 8.57. The Bertz CT molecular complexity index is 737. The maximum Gasteiger partial charge on any atom is 0.513 e. The number of unbranched alkanes of at least 4 members (excludes halogenated alkanes) is 1. The first-order chi connectivity index (χ1) is 11.6. The largest absolute Gasteiger partial charge is 0.513 e. The normalized spacial score (nSPS) is 10.2. The topological polar surface area (TPSA) is 82.1 Å². The van der Waals surface area contributed by atoms with E-state index >= 15 is 0 Å². The molecule has 0 spiro atoms. The number of rotatable bonds is 7. The molecule has 0 saturated carbocycles. The number of fused-ring (bicyclic) bond motifs is 1. The third kappa shape index (κ3) is 5.31. The Morgan fingerprint density at radius 2 is 1.67 bits per heavy atom. The average molecular weight is 330 g/mol. The number of phenols is 1. The molecular formula is C18H18O6. The number of esters is 1. The Labute approximate surface area is 139 Å². The Hall–Kier alpha value is -3.02. The zero-order valence-electron chi connectivity index (χ0n) is 13.1. The van der Waals surface area contributed by atoms with Crippen LogP contribution in [0, 0.1) is 0 Å². The van der Waals surface area contributed by atoms with Crippen LogP contribution in [0.1, 0.15) is 12.8 Å². The fraction of sp³-hybridized carbons (Fsp3) is 0.222. The molecule has 0 aliphatic rings. The molecule has 0 aromatic heterocycles. The summed E-state index contributed by atoms with van der Waals surface area (Å²) in [6, 6.07) is 9.96. The van der Waals surface area contributed by atoms with Gasteiger partial charge in [-0.3, -0.25) is 0 Å². The summed E-state index contributed by atoms with van der Waals surface area (Å²) in [5, 5.41) is 11.1. The number of phenolic OH excluding ortho intramolecular Hbond substituents is 1. The quantitative estimate of drug-likeness (QED) is 0.362. The molecule has 2 aromatic carbocycles. The highest BCUT2D eigenvalue weighted by Gasteiger charge is 2.07. The first-order valence-electron chi connectivity index (χ1n) is 7.45. The lowest BCUT2D eigenvalue weighted by molar-refractivity contribution is -0.137. The summed E-state index contributed by atoms with van der Waals surface area (Å²) in [7, 11) is 0. The summed E-state index contributed by atoms with van der Waals surface area (Å²) in [4.78, 5) is 22.4. The molecule has 0 radical (unpaired) electrons. The number of benzene rings is 2. The third-order valence-electron chi connectivity index (χ3n) is 3.17. The van der Waals surface area contributed by atoms with Crippen LogP contribution in [-0.2, 0) is 14.3 Å². The Balaban J connectivity index is 1.73. The van der Waals surface area contributed by atoms with Crippen molar-refractivity contribution in [2.45, 2.75) is 12.8 Å². The summed E-state index contributed by atoms with van der Waals surface area (Å²) in [6.07, 6.45) is 1.43. The molecule has 2 aromatic rings. The summed E-state index contributed by atoms with van der Waals surface area (Å²) >= 11 is 0. The van der Waals surface area contributed by atoms with Gasteiger partial charge >= 0.3 is 12.1 Å². The Morgan fingerprint density at radius 1 is 1.00 bits per heavy atom. The number of hydrogen-bond donors (Lipinski definition) is 1. The van der Waals surface area contributed by atoms with Crippen LogP contribution in [0.5, 0.6) is 11.5 Å². The van der Waals surface area contributed by atoms with Gasteiger partial charge in [-0.15, -0.1) is 0 Å². The van der Waals surface area contributed by atoms with E-state index in [1.165, 1.54) is 0 Å². The number of carbonyl (C=O) groups excluding carboxylic acids is 2. The number of carbonyl (C=O) groups is 2. The zero-order valence-corrected chi connectivity index (χ0v) is 13.1. The number of aromatic hydroxyl groups is 1. The second-order valence-corrected chi connectivity index (χ2v) is 4.97. The third-order valence-corrected chi connectivity index (χ3v) is 3.17. The average Bonchev–Trinajstić information content (AvgIpc) is 2.57. The molecule has 126 valence electrons.